The molecule has 26 heavy (non-hydrogen) atoms. The Morgan fingerprint density at radius 3 is 2.65 bits per heavy atom. The van der Waals surface area contributed by atoms with E-state index in [1.54, 1.807) is 12.1 Å². The van der Waals surface area contributed by atoms with E-state index >= 15 is 0 Å². The molecule has 1 atom stereocenters. The Hall–Kier alpha value is -0.730. The number of rotatable bonds is 6. The second kappa shape index (κ2) is 11.9. The molecule has 0 spiro atoms. The third-order valence-corrected chi connectivity index (χ3v) is 4.95. The van der Waals surface area contributed by atoms with Crippen LogP contribution in [0.1, 0.15) is 57.1 Å². The number of nitrogens with zero attached hydrogens (tertiary/aromatic N) is 1. The van der Waals surface area contributed by atoms with Crippen molar-refractivity contribution in [2.45, 2.75) is 57.5 Å². The van der Waals surface area contributed by atoms with Gasteiger partial charge in [-0.25, -0.2) is 0 Å². The minimum Gasteiger partial charge on any atom is -0.370 e. The summed E-state index contributed by atoms with van der Waals surface area (Å²) in [5.74, 6) is 0.334. The lowest BCUT2D eigenvalue weighted by atomic mass is 9.95. The fraction of sp³-hybridized carbons (Fsp3) is 0.556. The molecule has 0 aromatic heterocycles. The molecule has 1 fully saturated rings. The van der Waals surface area contributed by atoms with Gasteiger partial charge in [0.05, 0.1) is 12.6 Å². The standard InChI is InChI=1S/C18H26Cl2N4O.HI/c1-12(15-8-7-13(19)11-16(15)20)23-18(21)22-10-9-17(25)24-14-5-3-2-4-6-14;/h7-8,11-12,14H,2-6,9-10H2,1H3,(H,24,25)(H3,21,22,23);1H. The number of guanidine groups is 1. The summed E-state index contributed by atoms with van der Waals surface area (Å²) >= 11 is 12.1. The number of halogens is 3. The van der Waals surface area contributed by atoms with Crippen molar-refractivity contribution in [1.29, 1.82) is 0 Å². The zero-order valence-electron chi connectivity index (χ0n) is 14.9. The van der Waals surface area contributed by atoms with E-state index in [4.69, 9.17) is 28.9 Å². The van der Waals surface area contributed by atoms with E-state index in [0.29, 0.717) is 35.0 Å². The highest BCUT2D eigenvalue weighted by Gasteiger charge is 2.15. The van der Waals surface area contributed by atoms with Crippen LogP contribution in [0.25, 0.3) is 0 Å². The number of nitrogens with one attached hydrogen (secondary N) is 2. The fourth-order valence-corrected chi connectivity index (χ4v) is 3.59. The average molecular weight is 513 g/mol. The maximum absolute atomic E-state index is 11.9. The molecule has 0 saturated heterocycles. The zero-order chi connectivity index (χ0) is 18.2. The van der Waals surface area contributed by atoms with Gasteiger partial charge in [-0.05, 0) is 37.5 Å². The number of carbonyl (C=O) groups is 1. The molecule has 4 N–H and O–H groups in total. The molecular formula is C18H27Cl2IN4O. The Bertz CT molecular complexity index is 621. The molecule has 2 rings (SSSR count). The smallest absolute Gasteiger partial charge is 0.222 e. The normalized spacial score (nSPS) is 16.5. The number of aliphatic imine (C=N–C) groups is 1. The van der Waals surface area contributed by atoms with Gasteiger partial charge in [0.1, 0.15) is 0 Å². The Balaban J connectivity index is 0.00000338. The summed E-state index contributed by atoms with van der Waals surface area (Å²) < 4.78 is 0. The third kappa shape index (κ3) is 7.88. The Morgan fingerprint density at radius 2 is 2.00 bits per heavy atom. The van der Waals surface area contributed by atoms with Crippen molar-refractivity contribution in [2.75, 3.05) is 6.54 Å². The monoisotopic (exact) mass is 512 g/mol. The first-order valence-corrected chi connectivity index (χ1v) is 9.52. The minimum atomic E-state index is -0.107. The predicted molar refractivity (Wildman–Crippen MR) is 120 cm³/mol. The fourth-order valence-electron chi connectivity index (χ4n) is 3.02. The molecule has 1 aromatic carbocycles. The SMILES string of the molecule is CC(NC(N)=NCCC(=O)NC1CCCCC1)c1ccc(Cl)cc1Cl.I. The average Bonchev–Trinajstić information content (AvgIpc) is 2.55. The van der Waals surface area contributed by atoms with Gasteiger partial charge in [-0.15, -0.1) is 24.0 Å². The summed E-state index contributed by atoms with van der Waals surface area (Å²) in [7, 11) is 0. The molecule has 1 unspecified atom stereocenters. The quantitative estimate of drug-likeness (QED) is 0.300. The first kappa shape index (κ1) is 23.3. The molecule has 1 aliphatic carbocycles. The van der Waals surface area contributed by atoms with Crippen molar-refractivity contribution in [2.24, 2.45) is 10.7 Å². The van der Waals surface area contributed by atoms with E-state index in [-0.39, 0.29) is 35.9 Å². The van der Waals surface area contributed by atoms with Gasteiger partial charge in [-0.3, -0.25) is 9.79 Å². The highest BCUT2D eigenvalue weighted by Crippen LogP contribution is 2.25. The molecule has 5 nitrogen and oxygen atoms in total. The Kier molecular flexibility index (Phi) is 10.6. The minimum absolute atomic E-state index is 0. The summed E-state index contributed by atoms with van der Waals surface area (Å²) in [4.78, 5) is 16.2. The summed E-state index contributed by atoms with van der Waals surface area (Å²) in [5.41, 5.74) is 6.79. The van der Waals surface area contributed by atoms with E-state index in [9.17, 15) is 4.79 Å². The maximum Gasteiger partial charge on any atom is 0.222 e. The van der Waals surface area contributed by atoms with E-state index in [1.165, 1.54) is 19.3 Å². The molecule has 1 aliphatic rings. The molecule has 0 bridgehead atoms. The molecule has 0 radical (unpaired) electrons. The van der Waals surface area contributed by atoms with Crippen LogP contribution in [0.2, 0.25) is 10.0 Å². The van der Waals surface area contributed by atoms with Crippen molar-refractivity contribution >= 4 is 59.0 Å². The van der Waals surface area contributed by atoms with E-state index in [2.05, 4.69) is 15.6 Å². The second-order valence-electron chi connectivity index (χ2n) is 6.45. The molecule has 0 aliphatic heterocycles. The Morgan fingerprint density at radius 1 is 1.31 bits per heavy atom. The lowest BCUT2D eigenvalue weighted by molar-refractivity contribution is -0.121. The van der Waals surface area contributed by atoms with E-state index < -0.39 is 0 Å². The number of nitrogens with two attached hydrogens (primary N) is 1. The molecule has 1 amide bonds. The van der Waals surface area contributed by atoms with Gasteiger partial charge in [-0.2, -0.15) is 0 Å². The molecule has 1 saturated carbocycles. The van der Waals surface area contributed by atoms with Crippen molar-refractivity contribution in [3.63, 3.8) is 0 Å². The number of hydrogen-bond acceptors (Lipinski definition) is 2. The molecule has 0 heterocycles. The van der Waals surface area contributed by atoms with Gasteiger partial charge in [0.25, 0.3) is 0 Å². The van der Waals surface area contributed by atoms with Gasteiger partial charge in [0.15, 0.2) is 5.96 Å². The highest BCUT2D eigenvalue weighted by atomic mass is 127. The number of benzene rings is 1. The summed E-state index contributed by atoms with van der Waals surface area (Å²) in [6, 6.07) is 5.55. The Labute approximate surface area is 182 Å². The largest absolute Gasteiger partial charge is 0.370 e. The first-order valence-electron chi connectivity index (χ1n) is 8.76. The topological polar surface area (TPSA) is 79.5 Å². The van der Waals surface area contributed by atoms with Gasteiger partial charge >= 0.3 is 0 Å². The summed E-state index contributed by atoms with van der Waals surface area (Å²) in [6.45, 7) is 2.30. The molecule has 8 heteroatoms. The van der Waals surface area contributed by atoms with Crippen LogP contribution in [0.4, 0.5) is 0 Å². The van der Waals surface area contributed by atoms with Gasteiger partial charge in [0.2, 0.25) is 5.91 Å². The number of carbonyl (C=O) groups excluding carboxylic acids is 1. The molecule has 1 aromatic rings. The van der Waals surface area contributed by atoms with Crippen molar-refractivity contribution in [1.82, 2.24) is 10.6 Å². The molecular weight excluding hydrogens is 486 g/mol. The van der Waals surface area contributed by atoms with Crippen LogP contribution in [0.3, 0.4) is 0 Å². The van der Waals surface area contributed by atoms with Crippen molar-refractivity contribution < 1.29 is 4.79 Å². The van der Waals surface area contributed by atoms with Crippen LogP contribution in [-0.2, 0) is 4.79 Å². The molecule has 146 valence electrons. The van der Waals surface area contributed by atoms with E-state index in [0.717, 1.165) is 18.4 Å². The number of hydrogen-bond donors (Lipinski definition) is 3. The lowest BCUT2D eigenvalue weighted by Crippen LogP contribution is -2.37. The van der Waals surface area contributed by atoms with Crippen molar-refractivity contribution in [3.05, 3.63) is 33.8 Å². The predicted octanol–water partition coefficient (Wildman–Crippen LogP) is 4.42. The van der Waals surface area contributed by atoms with Gasteiger partial charge < -0.3 is 16.4 Å². The third-order valence-electron chi connectivity index (χ3n) is 4.38. The maximum atomic E-state index is 11.9. The number of amides is 1. The lowest BCUT2D eigenvalue weighted by Gasteiger charge is -2.22. The summed E-state index contributed by atoms with van der Waals surface area (Å²) in [5, 5.41) is 7.32. The second-order valence-corrected chi connectivity index (χ2v) is 7.29. The van der Waals surface area contributed by atoms with Crippen LogP contribution in [0.5, 0.6) is 0 Å². The van der Waals surface area contributed by atoms with Crippen LogP contribution in [0.15, 0.2) is 23.2 Å². The van der Waals surface area contributed by atoms with Crippen LogP contribution in [0, 0.1) is 0 Å². The van der Waals surface area contributed by atoms with Crippen LogP contribution >= 0.6 is 47.2 Å². The highest BCUT2D eigenvalue weighted by molar-refractivity contribution is 14.0. The van der Waals surface area contributed by atoms with Gasteiger partial charge in [-0.1, -0.05) is 48.5 Å². The van der Waals surface area contributed by atoms with Crippen LogP contribution in [-0.4, -0.2) is 24.5 Å². The zero-order valence-corrected chi connectivity index (χ0v) is 18.8. The van der Waals surface area contributed by atoms with Gasteiger partial charge in [0, 0.05) is 22.5 Å². The van der Waals surface area contributed by atoms with Crippen LogP contribution < -0.4 is 16.4 Å². The van der Waals surface area contributed by atoms with E-state index in [1.807, 2.05) is 13.0 Å². The van der Waals surface area contributed by atoms with Crippen molar-refractivity contribution in [3.8, 4) is 0 Å². The summed E-state index contributed by atoms with van der Waals surface area (Å²) in [6.07, 6.45) is 6.18. The first-order chi connectivity index (χ1) is 12.0.